The van der Waals surface area contributed by atoms with Crippen molar-refractivity contribution in [3.63, 3.8) is 0 Å². The Bertz CT molecular complexity index is 424. The van der Waals surface area contributed by atoms with Crippen LogP contribution >= 0.6 is 11.6 Å². The van der Waals surface area contributed by atoms with Crippen LogP contribution in [0.15, 0.2) is 18.2 Å². The zero-order chi connectivity index (χ0) is 14.8. The first-order valence-corrected chi connectivity index (χ1v) is 7.49. The lowest BCUT2D eigenvalue weighted by atomic mass is 10.2. The van der Waals surface area contributed by atoms with Gasteiger partial charge in [-0.1, -0.05) is 18.5 Å². The Morgan fingerprint density at radius 3 is 2.80 bits per heavy atom. The Labute approximate surface area is 125 Å². The average Bonchev–Trinajstić information content (AvgIpc) is 2.42. The SMILES string of the molecule is CCCC(=O)Nc1ccc(Cl)c(NCCCCCO)c1. The van der Waals surface area contributed by atoms with Gasteiger partial charge in [-0.05, 0) is 43.9 Å². The van der Waals surface area contributed by atoms with Gasteiger partial charge in [0.15, 0.2) is 0 Å². The fourth-order valence-corrected chi connectivity index (χ4v) is 2.01. The highest BCUT2D eigenvalue weighted by Gasteiger charge is 2.04. The van der Waals surface area contributed by atoms with Gasteiger partial charge < -0.3 is 15.7 Å². The highest BCUT2D eigenvalue weighted by atomic mass is 35.5. The van der Waals surface area contributed by atoms with E-state index in [0.29, 0.717) is 11.4 Å². The van der Waals surface area contributed by atoms with Crippen molar-refractivity contribution in [1.82, 2.24) is 0 Å². The molecule has 0 heterocycles. The largest absolute Gasteiger partial charge is 0.396 e. The van der Waals surface area contributed by atoms with Gasteiger partial charge in [0, 0.05) is 25.3 Å². The molecule has 20 heavy (non-hydrogen) atoms. The highest BCUT2D eigenvalue weighted by Crippen LogP contribution is 2.25. The molecule has 5 heteroatoms. The van der Waals surface area contributed by atoms with Gasteiger partial charge in [-0.25, -0.2) is 0 Å². The smallest absolute Gasteiger partial charge is 0.224 e. The number of hydrogen-bond acceptors (Lipinski definition) is 3. The van der Waals surface area contributed by atoms with E-state index in [9.17, 15) is 4.79 Å². The number of unbranched alkanes of at least 4 members (excludes halogenated alkanes) is 2. The third-order valence-corrected chi connectivity index (χ3v) is 3.21. The number of anilines is 2. The maximum atomic E-state index is 11.6. The molecule has 0 saturated carbocycles. The summed E-state index contributed by atoms with van der Waals surface area (Å²) in [5.41, 5.74) is 1.58. The molecule has 0 aliphatic heterocycles. The molecular weight excluding hydrogens is 276 g/mol. The van der Waals surface area contributed by atoms with E-state index >= 15 is 0 Å². The number of hydrogen-bond donors (Lipinski definition) is 3. The molecule has 0 atom stereocenters. The summed E-state index contributed by atoms with van der Waals surface area (Å²) in [6.45, 7) is 3.01. The molecule has 0 aromatic heterocycles. The molecular formula is C15H23ClN2O2. The van der Waals surface area contributed by atoms with Crippen molar-refractivity contribution in [2.45, 2.75) is 39.0 Å². The van der Waals surface area contributed by atoms with Crippen LogP contribution in [-0.4, -0.2) is 24.2 Å². The van der Waals surface area contributed by atoms with E-state index in [2.05, 4.69) is 10.6 Å². The highest BCUT2D eigenvalue weighted by molar-refractivity contribution is 6.33. The second-order valence-corrected chi connectivity index (χ2v) is 5.11. The summed E-state index contributed by atoms with van der Waals surface area (Å²) in [5.74, 6) is 0.0173. The van der Waals surface area contributed by atoms with Crippen molar-refractivity contribution in [2.24, 2.45) is 0 Å². The number of nitrogens with one attached hydrogen (secondary N) is 2. The first-order chi connectivity index (χ1) is 9.67. The quantitative estimate of drug-likeness (QED) is 0.610. The first kappa shape index (κ1) is 16.8. The average molecular weight is 299 g/mol. The monoisotopic (exact) mass is 298 g/mol. The fraction of sp³-hybridized carbons (Fsp3) is 0.533. The number of benzene rings is 1. The summed E-state index contributed by atoms with van der Waals surface area (Å²) in [4.78, 5) is 11.6. The lowest BCUT2D eigenvalue weighted by molar-refractivity contribution is -0.116. The molecule has 0 spiro atoms. The molecule has 0 aliphatic rings. The summed E-state index contributed by atoms with van der Waals surface area (Å²) in [7, 11) is 0. The van der Waals surface area contributed by atoms with Crippen LogP contribution in [-0.2, 0) is 4.79 Å². The second-order valence-electron chi connectivity index (χ2n) is 4.70. The van der Waals surface area contributed by atoms with E-state index in [-0.39, 0.29) is 12.5 Å². The number of amides is 1. The van der Waals surface area contributed by atoms with Gasteiger partial charge in [-0.2, -0.15) is 0 Å². The Morgan fingerprint density at radius 2 is 2.10 bits per heavy atom. The van der Waals surface area contributed by atoms with Crippen molar-refractivity contribution in [2.75, 3.05) is 23.8 Å². The van der Waals surface area contributed by atoms with Crippen LogP contribution in [0.1, 0.15) is 39.0 Å². The lowest BCUT2D eigenvalue weighted by Gasteiger charge is -2.11. The standard InChI is InChI=1S/C15H23ClN2O2/c1-2-6-15(20)18-12-7-8-13(16)14(11-12)17-9-4-3-5-10-19/h7-8,11,17,19H,2-6,9-10H2,1H3,(H,18,20). The van der Waals surface area contributed by atoms with Gasteiger partial charge >= 0.3 is 0 Å². The Morgan fingerprint density at radius 1 is 1.30 bits per heavy atom. The molecule has 0 saturated heterocycles. The molecule has 0 fully saturated rings. The van der Waals surface area contributed by atoms with E-state index in [4.69, 9.17) is 16.7 Å². The molecule has 112 valence electrons. The van der Waals surface area contributed by atoms with E-state index in [0.717, 1.165) is 43.6 Å². The minimum absolute atomic E-state index is 0.0173. The topological polar surface area (TPSA) is 61.4 Å². The molecule has 3 N–H and O–H groups in total. The summed E-state index contributed by atoms with van der Waals surface area (Å²) in [6.07, 6.45) is 4.13. The van der Waals surface area contributed by atoms with E-state index in [1.54, 1.807) is 12.1 Å². The van der Waals surface area contributed by atoms with Crippen LogP contribution < -0.4 is 10.6 Å². The predicted octanol–water partition coefficient (Wildman–Crippen LogP) is 3.65. The molecule has 1 rings (SSSR count). The molecule has 1 aromatic carbocycles. The maximum absolute atomic E-state index is 11.6. The number of aliphatic hydroxyl groups is 1. The van der Waals surface area contributed by atoms with Crippen LogP contribution in [0.4, 0.5) is 11.4 Å². The van der Waals surface area contributed by atoms with Crippen molar-refractivity contribution in [1.29, 1.82) is 0 Å². The first-order valence-electron chi connectivity index (χ1n) is 7.11. The summed E-state index contributed by atoms with van der Waals surface area (Å²) >= 11 is 6.12. The Balaban J connectivity index is 2.51. The Kier molecular flexibility index (Phi) is 8.07. The number of carbonyl (C=O) groups is 1. The molecule has 0 radical (unpaired) electrons. The number of rotatable bonds is 9. The van der Waals surface area contributed by atoms with Crippen LogP contribution in [0, 0.1) is 0 Å². The van der Waals surface area contributed by atoms with Crippen LogP contribution in [0.5, 0.6) is 0 Å². The molecule has 0 aliphatic carbocycles. The van der Waals surface area contributed by atoms with Gasteiger partial charge in [-0.3, -0.25) is 4.79 Å². The number of aliphatic hydroxyl groups excluding tert-OH is 1. The molecule has 0 bridgehead atoms. The van der Waals surface area contributed by atoms with Crippen molar-refractivity contribution in [3.8, 4) is 0 Å². The maximum Gasteiger partial charge on any atom is 0.224 e. The lowest BCUT2D eigenvalue weighted by Crippen LogP contribution is -2.11. The van der Waals surface area contributed by atoms with Gasteiger partial charge in [0.25, 0.3) is 0 Å². The third-order valence-electron chi connectivity index (χ3n) is 2.88. The van der Waals surface area contributed by atoms with Crippen LogP contribution in [0.25, 0.3) is 0 Å². The summed E-state index contributed by atoms with van der Waals surface area (Å²) < 4.78 is 0. The number of halogens is 1. The minimum Gasteiger partial charge on any atom is -0.396 e. The predicted molar refractivity (Wildman–Crippen MR) is 84.4 cm³/mol. The van der Waals surface area contributed by atoms with Gasteiger partial charge in [0.05, 0.1) is 10.7 Å². The fourth-order valence-electron chi connectivity index (χ4n) is 1.83. The Hall–Kier alpha value is -1.26. The zero-order valence-electron chi connectivity index (χ0n) is 11.9. The van der Waals surface area contributed by atoms with Crippen molar-refractivity contribution >= 4 is 28.9 Å². The summed E-state index contributed by atoms with van der Waals surface area (Å²) in [5, 5.41) is 15.5. The summed E-state index contributed by atoms with van der Waals surface area (Å²) in [6, 6.07) is 5.42. The van der Waals surface area contributed by atoms with E-state index < -0.39 is 0 Å². The minimum atomic E-state index is 0.0173. The van der Waals surface area contributed by atoms with Crippen molar-refractivity contribution < 1.29 is 9.90 Å². The second kappa shape index (κ2) is 9.61. The van der Waals surface area contributed by atoms with E-state index in [1.165, 1.54) is 0 Å². The van der Waals surface area contributed by atoms with E-state index in [1.807, 2.05) is 13.0 Å². The molecule has 1 amide bonds. The van der Waals surface area contributed by atoms with Crippen LogP contribution in [0.2, 0.25) is 5.02 Å². The molecule has 4 nitrogen and oxygen atoms in total. The van der Waals surface area contributed by atoms with Gasteiger partial charge in [0.1, 0.15) is 0 Å². The normalized spacial score (nSPS) is 10.3. The molecule has 1 aromatic rings. The van der Waals surface area contributed by atoms with Gasteiger partial charge in [0.2, 0.25) is 5.91 Å². The van der Waals surface area contributed by atoms with Crippen molar-refractivity contribution in [3.05, 3.63) is 23.2 Å². The third kappa shape index (κ3) is 6.26. The van der Waals surface area contributed by atoms with Gasteiger partial charge in [-0.15, -0.1) is 0 Å². The zero-order valence-corrected chi connectivity index (χ0v) is 12.7. The molecule has 0 unspecified atom stereocenters. The van der Waals surface area contributed by atoms with Crippen LogP contribution in [0.3, 0.4) is 0 Å². The number of carbonyl (C=O) groups excluding carboxylic acids is 1.